The van der Waals surface area contributed by atoms with Gasteiger partial charge in [-0.15, -0.1) is 0 Å². The standard InChI is InChI=1S/C25H22F3N5O2/c1-15(31-18-5-6-18)21-13-23(30-14-29-21)35-20-7-8-22-16(11-20)9-10-33(22)24(34)32-19-4-2-3-17(12-19)25(26,27)28/h2-4,7-15,18,31H,5-6H2,1H3,(H,32,34). The predicted octanol–water partition coefficient (Wildman–Crippen LogP) is 6.14. The Morgan fingerprint density at radius 1 is 1.11 bits per heavy atom. The molecule has 1 saturated carbocycles. The van der Waals surface area contributed by atoms with Gasteiger partial charge in [0.1, 0.15) is 12.1 Å². The maximum atomic E-state index is 13.0. The van der Waals surface area contributed by atoms with E-state index in [1.807, 2.05) is 6.92 Å². The molecular weight excluding hydrogens is 459 g/mol. The maximum Gasteiger partial charge on any atom is 0.416 e. The minimum absolute atomic E-state index is 0.0524. The summed E-state index contributed by atoms with van der Waals surface area (Å²) in [7, 11) is 0. The van der Waals surface area contributed by atoms with Gasteiger partial charge in [-0.2, -0.15) is 13.2 Å². The molecule has 2 aromatic carbocycles. The topological polar surface area (TPSA) is 81.1 Å². The second-order valence-electron chi connectivity index (χ2n) is 8.46. The highest BCUT2D eigenvalue weighted by atomic mass is 19.4. The number of rotatable bonds is 6. The first-order chi connectivity index (χ1) is 16.8. The number of hydrogen-bond donors (Lipinski definition) is 2. The van der Waals surface area contributed by atoms with Crippen molar-refractivity contribution in [3.05, 3.63) is 78.4 Å². The third-order valence-electron chi connectivity index (χ3n) is 5.71. The van der Waals surface area contributed by atoms with Gasteiger partial charge in [0.2, 0.25) is 5.88 Å². The van der Waals surface area contributed by atoms with Crippen LogP contribution in [-0.2, 0) is 6.18 Å². The number of nitrogens with zero attached hydrogens (tertiary/aromatic N) is 3. The van der Waals surface area contributed by atoms with Crippen LogP contribution >= 0.6 is 0 Å². The molecular formula is C25H22F3N5O2. The van der Waals surface area contributed by atoms with E-state index in [-0.39, 0.29) is 11.7 Å². The lowest BCUT2D eigenvalue weighted by molar-refractivity contribution is -0.137. The molecule has 10 heteroatoms. The number of hydrogen-bond acceptors (Lipinski definition) is 5. The molecule has 2 heterocycles. The van der Waals surface area contributed by atoms with Gasteiger partial charge in [0.15, 0.2) is 0 Å². The Morgan fingerprint density at radius 2 is 1.94 bits per heavy atom. The molecule has 0 aliphatic heterocycles. The van der Waals surface area contributed by atoms with Crippen LogP contribution in [0.3, 0.4) is 0 Å². The molecule has 2 aromatic heterocycles. The van der Waals surface area contributed by atoms with Crippen molar-refractivity contribution in [1.29, 1.82) is 0 Å². The third-order valence-corrected chi connectivity index (χ3v) is 5.71. The minimum atomic E-state index is -4.49. The zero-order valence-corrected chi connectivity index (χ0v) is 18.7. The van der Waals surface area contributed by atoms with E-state index in [1.54, 1.807) is 36.5 Å². The quantitative estimate of drug-likeness (QED) is 0.346. The average Bonchev–Trinajstić information content (AvgIpc) is 3.54. The summed E-state index contributed by atoms with van der Waals surface area (Å²) in [5.41, 5.74) is 0.629. The molecule has 5 rings (SSSR count). The zero-order chi connectivity index (χ0) is 24.6. The number of aromatic nitrogens is 3. The number of ether oxygens (including phenoxy) is 1. The van der Waals surface area contributed by atoms with Gasteiger partial charge < -0.3 is 15.4 Å². The molecule has 0 spiro atoms. The van der Waals surface area contributed by atoms with Crippen molar-refractivity contribution in [2.45, 2.75) is 38.0 Å². The molecule has 2 N–H and O–H groups in total. The highest BCUT2D eigenvalue weighted by Crippen LogP contribution is 2.31. The highest BCUT2D eigenvalue weighted by molar-refractivity contribution is 5.98. The third kappa shape index (κ3) is 5.27. The number of benzene rings is 2. The van der Waals surface area contributed by atoms with Gasteiger partial charge >= 0.3 is 12.2 Å². The van der Waals surface area contributed by atoms with Crippen LogP contribution in [-0.4, -0.2) is 26.6 Å². The molecule has 1 amide bonds. The van der Waals surface area contributed by atoms with Gasteiger partial charge in [0.25, 0.3) is 0 Å². The highest BCUT2D eigenvalue weighted by Gasteiger charge is 2.30. The summed E-state index contributed by atoms with van der Waals surface area (Å²) < 4.78 is 46.1. The first-order valence-corrected chi connectivity index (χ1v) is 11.1. The summed E-state index contributed by atoms with van der Waals surface area (Å²) in [5.74, 6) is 0.932. The Balaban J connectivity index is 1.31. The molecule has 1 aliphatic carbocycles. The van der Waals surface area contributed by atoms with Gasteiger partial charge in [-0.3, -0.25) is 4.57 Å². The number of anilines is 1. The summed E-state index contributed by atoms with van der Waals surface area (Å²) in [5, 5.41) is 6.71. The van der Waals surface area contributed by atoms with E-state index >= 15 is 0 Å². The van der Waals surface area contributed by atoms with Crippen molar-refractivity contribution in [3.8, 4) is 11.6 Å². The fourth-order valence-corrected chi connectivity index (χ4v) is 3.77. The van der Waals surface area contributed by atoms with Crippen LogP contribution in [0.25, 0.3) is 10.9 Å². The van der Waals surface area contributed by atoms with Gasteiger partial charge in [-0.05, 0) is 62.2 Å². The lowest BCUT2D eigenvalue weighted by Gasteiger charge is -2.13. The van der Waals surface area contributed by atoms with Crippen LogP contribution in [0.2, 0.25) is 0 Å². The van der Waals surface area contributed by atoms with E-state index < -0.39 is 17.8 Å². The van der Waals surface area contributed by atoms with Crippen molar-refractivity contribution >= 4 is 22.6 Å². The molecule has 0 saturated heterocycles. The summed E-state index contributed by atoms with van der Waals surface area (Å²) >= 11 is 0. The zero-order valence-electron chi connectivity index (χ0n) is 18.7. The van der Waals surface area contributed by atoms with Crippen LogP contribution in [0.5, 0.6) is 11.6 Å². The number of nitrogens with one attached hydrogen (secondary N) is 2. The second kappa shape index (κ2) is 9.03. The summed E-state index contributed by atoms with van der Waals surface area (Å²) in [4.78, 5) is 21.2. The smallest absolute Gasteiger partial charge is 0.416 e. The fraction of sp³-hybridized carbons (Fsp3) is 0.240. The molecule has 1 unspecified atom stereocenters. The van der Waals surface area contributed by atoms with E-state index in [0.717, 1.165) is 23.2 Å². The fourth-order valence-electron chi connectivity index (χ4n) is 3.77. The van der Waals surface area contributed by atoms with Crippen molar-refractivity contribution in [2.75, 3.05) is 5.32 Å². The summed E-state index contributed by atoms with van der Waals surface area (Å²) in [6.07, 6.45) is 0.870. The molecule has 180 valence electrons. The number of alkyl halides is 3. The van der Waals surface area contributed by atoms with Crippen LogP contribution in [0.15, 0.2) is 67.1 Å². The number of fused-ring (bicyclic) bond motifs is 1. The predicted molar refractivity (Wildman–Crippen MR) is 124 cm³/mol. The Kier molecular flexibility index (Phi) is 5.89. The second-order valence-corrected chi connectivity index (χ2v) is 8.46. The van der Waals surface area contributed by atoms with E-state index in [4.69, 9.17) is 4.74 Å². The van der Waals surface area contributed by atoms with Crippen molar-refractivity contribution in [1.82, 2.24) is 19.9 Å². The van der Waals surface area contributed by atoms with Gasteiger partial charge in [-0.25, -0.2) is 14.8 Å². The van der Waals surface area contributed by atoms with Gasteiger partial charge in [-0.1, -0.05) is 6.07 Å². The molecule has 7 nitrogen and oxygen atoms in total. The lowest BCUT2D eigenvalue weighted by atomic mass is 10.2. The Hall–Kier alpha value is -3.92. The monoisotopic (exact) mass is 481 g/mol. The number of halogens is 3. The van der Waals surface area contributed by atoms with E-state index in [0.29, 0.717) is 23.2 Å². The summed E-state index contributed by atoms with van der Waals surface area (Å²) in [6, 6.07) is 13.2. The summed E-state index contributed by atoms with van der Waals surface area (Å²) in [6.45, 7) is 2.05. The van der Waals surface area contributed by atoms with E-state index in [1.165, 1.54) is 35.9 Å². The SMILES string of the molecule is CC(NC1CC1)c1cc(Oc2ccc3c(ccn3C(=O)Nc3cccc(C(F)(F)F)c3)c2)ncn1. The Bertz CT molecular complexity index is 1380. The van der Waals surface area contributed by atoms with Crippen molar-refractivity contribution in [2.24, 2.45) is 0 Å². The largest absolute Gasteiger partial charge is 0.439 e. The first kappa shape index (κ1) is 22.9. The molecule has 35 heavy (non-hydrogen) atoms. The molecule has 0 bridgehead atoms. The molecule has 4 aromatic rings. The van der Waals surface area contributed by atoms with Crippen molar-refractivity contribution < 1.29 is 22.7 Å². The Labute approximate surface area is 199 Å². The average molecular weight is 481 g/mol. The minimum Gasteiger partial charge on any atom is -0.439 e. The molecule has 1 fully saturated rings. The van der Waals surface area contributed by atoms with E-state index in [2.05, 4.69) is 20.6 Å². The van der Waals surface area contributed by atoms with Crippen LogP contribution in [0.1, 0.15) is 37.1 Å². The van der Waals surface area contributed by atoms with Crippen LogP contribution in [0.4, 0.5) is 23.7 Å². The Morgan fingerprint density at radius 3 is 2.71 bits per heavy atom. The van der Waals surface area contributed by atoms with Gasteiger partial charge in [0.05, 0.1) is 16.8 Å². The van der Waals surface area contributed by atoms with Crippen molar-refractivity contribution in [3.63, 3.8) is 0 Å². The number of amides is 1. The normalized spacial score (nSPS) is 14.6. The van der Waals surface area contributed by atoms with Gasteiger partial charge in [0, 0.05) is 35.4 Å². The number of carbonyl (C=O) groups excluding carboxylic acids is 1. The molecule has 1 atom stereocenters. The molecule has 0 radical (unpaired) electrons. The maximum absolute atomic E-state index is 13.0. The van der Waals surface area contributed by atoms with E-state index in [9.17, 15) is 18.0 Å². The van der Waals surface area contributed by atoms with Crippen LogP contribution < -0.4 is 15.4 Å². The first-order valence-electron chi connectivity index (χ1n) is 11.1. The molecule has 1 aliphatic rings. The number of carbonyl (C=O) groups is 1. The van der Waals surface area contributed by atoms with Crippen LogP contribution in [0, 0.1) is 0 Å². The lowest BCUT2D eigenvalue weighted by Crippen LogP contribution is -2.21.